The molecule has 1 unspecified atom stereocenters. The Bertz CT molecular complexity index is 789. The Morgan fingerprint density at radius 2 is 1.79 bits per heavy atom. The van der Waals surface area contributed by atoms with E-state index >= 15 is 0 Å². The molecule has 156 valence electrons. The van der Waals surface area contributed by atoms with Crippen LogP contribution < -0.4 is 19.7 Å². The Labute approximate surface area is 173 Å². The summed E-state index contributed by atoms with van der Waals surface area (Å²) >= 11 is 0. The van der Waals surface area contributed by atoms with Crippen LogP contribution in [0.25, 0.3) is 0 Å². The van der Waals surface area contributed by atoms with Gasteiger partial charge in [-0.3, -0.25) is 9.69 Å². The number of hydrogen-bond acceptors (Lipinski definition) is 5. The molecule has 1 heterocycles. The second kappa shape index (κ2) is 10.2. The second-order valence-electron chi connectivity index (χ2n) is 7.22. The van der Waals surface area contributed by atoms with Crippen LogP contribution >= 0.6 is 0 Å². The maximum atomic E-state index is 12.6. The normalized spacial score (nSPS) is 15.6. The van der Waals surface area contributed by atoms with Crippen LogP contribution in [0.1, 0.15) is 24.2 Å². The van der Waals surface area contributed by atoms with Crippen LogP contribution in [0.15, 0.2) is 48.5 Å². The van der Waals surface area contributed by atoms with Crippen molar-refractivity contribution in [2.45, 2.75) is 19.9 Å². The molecule has 1 N–H and O–H groups in total. The topological polar surface area (TPSA) is 54.0 Å². The van der Waals surface area contributed by atoms with E-state index in [1.165, 1.54) is 5.69 Å². The van der Waals surface area contributed by atoms with Crippen LogP contribution in [0.2, 0.25) is 0 Å². The number of rotatable bonds is 8. The lowest BCUT2D eigenvalue weighted by Crippen LogP contribution is -2.52. The highest BCUT2D eigenvalue weighted by Gasteiger charge is 2.22. The molecule has 0 bridgehead atoms. The molecule has 1 atom stereocenters. The number of nitrogens with one attached hydrogen (secondary N) is 1. The molecule has 2 aromatic carbocycles. The van der Waals surface area contributed by atoms with E-state index in [9.17, 15) is 4.79 Å². The summed E-state index contributed by atoms with van der Waals surface area (Å²) in [5.74, 6) is 1.13. The van der Waals surface area contributed by atoms with Crippen molar-refractivity contribution in [3.8, 4) is 11.5 Å². The minimum absolute atomic E-state index is 0.0962. The molecule has 0 spiro atoms. The van der Waals surface area contributed by atoms with E-state index in [1.54, 1.807) is 25.3 Å². The third kappa shape index (κ3) is 5.41. The first-order chi connectivity index (χ1) is 14.1. The van der Waals surface area contributed by atoms with Gasteiger partial charge in [-0.1, -0.05) is 18.2 Å². The van der Waals surface area contributed by atoms with E-state index in [4.69, 9.17) is 9.47 Å². The number of nitrogens with zero attached hydrogens (tertiary/aromatic N) is 2. The van der Waals surface area contributed by atoms with E-state index in [-0.39, 0.29) is 11.9 Å². The van der Waals surface area contributed by atoms with Gasteiger partial charge < -0.3 is 19.7 Å². The Kier molecular flexibility index (Phi) is 7.36. The summed E-state index contributed by atoms with van der Waals surface area (Å²) < 4.78 is 10.9. The summed E-state index contributed by atoms with van der Waals surface area (Å²) in [4.78, 5) is 17.4. The van der Waals surface area contributed by atoms with E-state index in [2.05, 4.69) is 46.3 Å². The first-order valence-electron chi connectivity index (χ1n) is 10.3. The molecule has 29 heavy (non-hydrogen) atoms. The van der Waals surface area contributed by atoms with Gasteiger partial charge in [0, 0.05) is 50.0 Å². The van der Waals surface area contributed by atoms with Crippen molar-refractivity contribution in [3.63, 3.8) is 0 Å². The quantitative estimate of drug-likeness (QED) is 0.742. The Morgan fingerprint density at radius 3 is 2.45 bits per heavy atom. The molecule has 1 fully saturated rings. The summed E-state index contributed by atoms with van der Waals surface area (Å²) in [5.41, 5.74) is 1.85. The summed E-state index contributed by atoms with van der Waals surface area (Å²) in [6, 6.07) is 16.1. The summed E-state index contributed by atoms with van der Waals surface area (Å²) in [6.07, 6.45) is 0. The highest BCUT2D eigenvalue weighted by molar-refractivity contribution is 5.94. The lowest BCUT2D eigenvalue weighted by Gasteiger charge is -2.39. The Balaban J connectivity index is 1.49. The molecule has 3 rings (SSSR count). The summed E-state index contributed by atoms with van der Waals surface area (Å²) in [7, 11) is 1.58. The number of amides is 1. The van der Waals surface area contributed by atoms with Crippen LogP contribution in [-0.4, -0.2) is 63.3 Å². The van der Waals surface area contributed by atoms with E-state index in [1.807, 2.05) is 13.0 Å². The minimum atomic E-state index is -0.0962. The number of para-hydroxylation sites is 1. The number of piperazine rings is 1. The molecule has 1 saturated heterocycles. The average Bonchev–Trinajstić information content (AvgIpc) is 2.78. The minimum Gasteiger partial charge on any atom is -0.493 e. The standard InChI is InChI=1S/C23H31N3O3/c1-4-29-21-11-10-19(16-22(21)28-3)23(27)24-17-18(2)25-12-14-26(15-13-25)20-8-6-5-7-9-20/h5-11,16,18H,4,12-15,17H2,1-3H3,(H,24,27). The number of hydrogen-bond donors (Lipinski definition) is 1. The van der Waals surface area contributed by atoms with Crippen molar-refractivity contribution >= 4 is 11.6 Å². The van der Waals surface area contributed by atoms with Crippen LogP contribution in [0, 0.1) is 0 Å². The average molecular weight is 398 g/mol. The van der Waals surface area contributed by atoms with Gasteiger partial charge in [0.1, 0.15) is 0 Å². The molecule has 0 saturated carbocycles. The van der Waals surface area contributed by atoms with Gasteiger partial charge in [0.15, 0.2) is 11.5 Å². The molecule has 0 radical (unpaired) electrons. The van der Waals surface area contributed by atoms with Gasteiger partial charge in [0.25, 0.3) is 5.91 Å². The van der Waals surface area contributed by atoms with Crippen LogP contribution in [-0.2, 0) is 0 Å². The monoisotopic (exact) mass is 397 g/mol. The molecule has 2 aromatic rings. The highest BCUT2D eigenvalue weighted by Crippen LogP contribution is 2.28. The van der Waals surface area contributed by atoms with Crippen molar-refractivity contribution in [1.29, 1.82) is 0 Å². The van der Waals surface area contributed by atoms with E-state index < -0.39 is 0 Å². The molecule has 0 aromatic heterocycles. The predicted octanol–water partition coefficient (Wildman–Crippen LogP) is 3.03. The number of methoxy groups -OCH3 is 1. The van der Waals surface area contributed by atoms with Crippen LogP contribution in [0.4, 0.5) is 5.69 Å². The number of benzene rings is 2. The molecule has 6 heteroatoms. The first-order valence-corrected chi connectivity index (χ1v) is 10.3. The van der Waals surface area contributed by atoms with Gasteiger partial charge in [0.05, 0.1) is 13.7 Å². The third-order valence-electron chi connectivity index (χ3n) is 5.34. The van der Waals surface area contributed by atoms with E-state index in [0.717, 1.165) is 26.2 Å². The fourth-order valence-electron chi connectivity index (χ4n) is 3.61. The zero-order valence-electron chi connectivity index (χ0n) is 17.6. The maximum Gasteiger partial charge on any atom is 0.251 e. The molecule has 1 aliphatic rings. The largest absolute Gasteiger partial charge is 0.493 e. The number of carbonyl (C=O) groups excluding carboxylic acids is 1. The van der Waals surface area contributed by atoms with Crippen LogP contribution in [0.5, 0.6) is 11.5 Å². The molecular weight excluding hydrogens is 366 g/mol. The SMILES string of the molecule is CCOc1ccc(C(=O)NCC(C)N2CCN(c3ccccc3)CC2)cc1OC. The van der Waals surface area contributed by atoms with Gasteiger partial charge in [-0.25, -0.2) is 0 Å². The lowest BCUT2D eigenvalue weighted by molar-refractivity contribution is 0.0934. The zero-order valence-corrected chi connectivity index (χ0v) is 17.6. The van der Waals surface area contributed by atoms with E-state index in [0.29, 0.717) is 30.2 Å². The Hall–Kier alpha value is -2.73. The van der Waals surface area contributed by atoms with Crippen molar-refractivity contribution in [3.05, 3.63) is 54.1 Å². The fraction of sp³-hybridized carbons (Fsp3) is 0.435. The number of ether oxygens (including phenoxy) is 2. The van der Waals surface area contributed by atoms with Gasteiger partial charge in [-0.15, -0.1) is 0 Å². The second-order valence-corrected chi connectivity index (χ2v) is 7.22. The highest BCUT2D eigenvalue weighted by atomic mass is 16.5. The van der Waals surface area contributed by atoms with Crippen LogP contribution in [0.3, 0.4) is 0 Å². The zero-order chi connectivity index (χ0) is 20.6. The van der Waals surface area contributed by atoms with Gasteiger partial charge in [-0.2, -0.15) is 0 Å². The van der Waals surface area contributed by atoms with Gasteiger partial charge in [-0.05, 0) is 44.2 Å². The van der Waals surface area contributed by atoms with Gasteiger partial charge >= 0.3 is 0 Å². The smallest absolute Gasteiger partial charge is 0.251 e. The number of anilines is 1. The molecule has 1 amide bonds. The lowest BCUT2D eigenvalue weighted by atomic mass is 10.1. The third-order valence-corrected chi connectivity index (χ3v) is 5.34. The first kappa shape index (κ1) is 21.0. The van der Waals surface area contributed by atoms with Crippen molar-refractivity contribution in [2.24, 2.45) is 0 Å². The Morgan fingerprint density at radius 1 is 1.07 bits per heavy atom. The summed E-state index contributed by atoms with van der Waals surface area (Å²) in [6.45, 7) is 9.22. The molecule has 0 aliphatic carbocycles. The van der Waals surface area contributed by atoms with Gasteiger partial charge in [0.2, 0.25) is 0 Å². The maximum absolute atomic E-state index is 12.6. The predicted molar refractivity (Wildman–Crippen MR) is 116 cm³/mol. The molecule has 6 nitrogen and oxygen atoms in total. The van der Waals surface area contributed by atoms with Crippen molar-refractivity contribution < 1.29 is 14.3 Å². The summed E-state index contributed by atoms with van der Waals surface area (Å²) in [5, 5.41) is 3.05. The van der Waals surface area contributed by atoms with Crippen molar-refractivity contribution in [2.75, 3.05) is 51.3 Å². The van der Waals surface area contributed by atoms with Crippen molar-refractivity contribution in [1.82, 2.24) is 10.2 Å². The molecular formula is C23H31N3O3. The molecule has 1 aliphatic heterocycles. The fourth-order valence-corrected chi connectivity index (χ4v) is 3.61. The number of carbonyl (C=O) groups is 1.